The second-order valence-electron chi connectivity index (χ2n) is 4.49. The lowest BCUT2D eigenvalue weighted by atomic mass is 10.00. The molecule has 2 rings (SSSR count). The molecule has 0 aromatic heterocycles. The van der Waals surface area contributed by atoms with Crippen LogP contribution in [-0.2, 0) is 4.74 Å². The summed E-state index contributed by atoms with van der Waals surface area (Å²) in [6.45, 7) is 4.21. The molecule has 18 heavy (non-hydrogen) atoms. The van der Waals surface area contributed by atoms with Crippen LogP contribution >= 0.6 is 0 Å². The van der Waals surface area contributed by atoms with Crippen LogP contribution in [0.4, 0.5) is 0 Å². The summed E-state index contributed by atoms with van der Waals surface area (Å²) in [4.78, 5) is 0. The van der Waals surface area contributed by atoms with E-state index in [0.717, 1.165) is 11.1 Å². The molecule has 2 heteroatoms. The molecule has 0 radical (unpaired) electrons. The monoisotopic (exact) mass is 239 g/mol. The van der Waals surface area contributed by atoms with E-state index in [4.69, 9.17) is 10.1 Å². The molecule has 0 saturated heterocycles. The van der Waals surface area contributed by atoms with Crippen molar-refractivity contribution in [3.05, 3.63) is 59.2 Å². The second kappa shape index (κ2) is 5.05. The molecule has 0 heterocycles. The summed E-state index contributed by atoms with van der Waals surface area (Å²) in [5.74, 6) is 0.196. The van der Waals surface area contributed by atoms with E-state index in [-0.39, 0.29) is 5.90 Å². The van der Waals surface area contributed by atoms with Crippen LogP contribution in [0.25, 0.3) is 11.1 Å². The Morgan fingerprint density at radius 3 is 1.94 bits per heavy atom. The van der Waals surface area contributed by atoms with Crippen molar-refractivity contribution in [2.75, 3.05) is 7.11 Å². The van der Waals surface area contributed by atoms with Crippen LogP contribution in [0.5, 0.6) is 0 Å². The molecular formula is C16H17NO. The van der Waals surface area contributed by atoms with Gasteiger partial charge in [0.1, 0.15) is 0 Å². The van der Waals surface area contributed by atoms with E-state index in [1.54, 1.807) is 0 Å². The van der Waals surface area contributed by atoms with Gasteiger partial charge in [-0.2, -0.15) is 0 Å². The topological polar surface area (TPSA) is 33.1 Å². The third-order valence-electron chi connectivity index (χ3n) is 2.91. The van der Waals surface area contributed by atoms with E-state index < -0.39 is 0 Å². The van der Waals surface area contributed by atoms with Crippen molar-refractivity contribution in [3.8, 4) is 11.1 Å². The van der Waals surface area contributed by atoms with E-state index in [2.05, 4.69) is 32.0 Å². The van der Waals surface area contributed by atoms with Crippen LogP contribution in [-0.4, -0.2) is 13.0 Å². The van der Waals surface area contributed by atoms with Gasteiger partial charge < -0.3 is 4.74 Å². The highest BCUT2D eigenvalue weighted by atomic mass is 16.5. The molecule has 0 aliphatic heterocycles. The molecule has 0 unspecified atom stereocenters. The minimum Gasteiger partial charge on any atom is -0.481 e. The smallest absolute Gasteiger partial charge is 0.212 e. The van der Waals surface area contributed by atoms with Gasteiger partial charge in [-0.3, -0.25) is 5.41 Å². The van der Waals surface area contributed by atoms with Crippen molar-refractivity contribution in [1.82, 2.24) is 0 Å². The number of ether oxygens (including phenoxy) is 1. The van der Waals surface area contributed by atoms with E-state index in [9.17, 15) is 0 Å². The Kier molecular flexibility index (Phi) is 3.47. The highest BCUT2D eigenvalue weighted by molar-refractivity contribution is 5.92. The second-order valence-corrected chi connectivity index (χ2v) is 4.49. The fraction of sp³-hybridized carbons (Fsp3) is 0.188. The number of benzene rings is 2. The third-order valence-corrected chi connectivity index (χ3v) is 2.91. The number of rotatable bonds is 2. The Labute approximate surface area is 108 Å². The van der Waals surface area contributed by atoms with Crippen LogP contribution in [0.3, 0.4) is 0 Å². The first kappa shape index (κ1) is 12.4. The molecule has 0 bridgehead atoms. The molecule has 2 aromatic rings. The Balaban J connectivity index is 2.37. The molecule has 0 fully saturated rings. The lowest BCUT2D eigenvalue weighted by Gasteiger charge is -2.07. The van der Waals surface area contributed by atoms with E-state index in [1.807, 2.05) is 24.3 Å². The minimum atomic E-state index is 0.196. The van der Waals surface area contributed by atoms with E-state index >= 15 is 0 Å². The van der Waals surface area contributed by atoms with Crippen molar-refractivity contribution < 1.29 is 4.74 Å². The molecule has 0 spiro atoms. The molecule has 1 N–H and O–H groups in total. The summed E-state index contributed by atoms with van der Waals surface area (Å²) in [5, 5.41) is 7.60. The van der Waals surface area contributed by atoms with Crippen LogP contribution in [0.2, 0.25) is 0 Å². The number of methoxy groups -OCH3 is 1. The fourth-order valence-electron chi connectivity index (χ4n) is 2.07. The number of hydrogen-bond acceptors (Lipinski definition) is 2. The third kappa shape index (κ3) is 2.59. The molecule has 92 valence electrons. The normalized spacial score (nSPS) is 10.2. The SMILES string of the molecule is COC(=N)c1ccc(-c2cc(C)cc(C)c2)cc1. The average molecular weight is 239 g/mol. The van der Waals surface area contributed by atoms with Crippen molar-refractivity contribution in [3.63, 3.8) is 0 Å². The summed E-state index contributed by atoms with van der Waals surface area (Å²) in [6.07, 6.45) is 0. The zero-order valence-corrected chi connectivity index (χ0v) is 10.9. The largest absolute Gasteiger partial charge is 0.481 e. The highest BCUT2D eigenvalue weighted by Crippen LogP contribution is 2.22. The molecule has 2 aromatic carbocycles. The Morgan fingerprint density at radius 1 is 0.889 bits per heavy atom. The van der Waals surface area contributed by atoms with E-state index in [0.29, 0.717) is 0 Å². The summed E-state index contributed by atoms with van der Waals surface area (Å²) in [7, 11) is 1.51. The number of aryl methyl sites for hydroxylation is 2. The predicted octanol–water partition coefficient (Wildman–Crippen LogP) is 3.94. The quantitative estimate of drug-likeness (QED) is 0.625. The van der Waals surface area contributed by atoms with Crippen molar-refractivity contribution in [2.24, 2.45) is 0 Å². The number of nitrogens with one attached hydrogen (secondary N) is 1. The van der Waals surface area contributed by atoms with Crippen LogP contribution in [0, 0.1) is 19.3 Å². The maximum Gasteiger partial charge on any atom is 0.212 e. The first-order valence-electron chi connectivity index (χ1n) is 5.92. The zero-order valence-electron chi connectivity index (χ0n) is 10.9. The Bertz CT molecular complexity index is 550. The molecule has 2 nitrogen and oxygen atoms in total. The Morgan fingerprint density at radius 2 is 1.44 bits per heavy atom. The van der Waals surface area contributed by atoms with Gasteiger partial charge in [0.15, 0.2) is 0 Å². The summed E-state index contributed by atoms with van der Waals surface area (Å²) < 4.78 is 4.90. The predicted molar refractivity (Wildman–Crippen MR) is 75.2 cm³/mol. The average Bonchev–Trinajstić information content (AvgIpc) is 2.37. The summed E-state index contributed by atoms with van der Waals surface area (Å²) in [5.41, 5.74) is 5.69. The van der Waals surface area contributed by atoms with Gasteiger partial charge in [0, 0.05) is 5.56 Å². The highest BCUT2D eigenvalue weighted by Gasteiger charge is 2.03. The van der Waals surface area contributed by atoms with Crippen LogP contribution < -0.4 is 0 Å². The molecular weight excluding hydrogens is 222 g/mol. The van der Waals surface area contributed by atoms with Gasteiger partial charge in [-0.15, -0.1) is 0 Å². The lowest BCUT2D eigenvalue weighted by Crippen LogP contribution is -2.00. The number of hydrogen-bond donors (Lipinski definition) is 1. The lowest BCUT2D eigenvalue weighted by molar-refractivity contribution is 0.401. The molecule has 0 saturated carbocycles. The van der Waals surface area contributed by atoms with E-state index in [1.165, 1.54) is 23.8 Å². The van der Waals surface area contributed by atoms with Gasteiger partial charge >= 0.3 is 0 Å². The minimum absolute atomic E-state index is 0.196. The van der Waals surface area contributed by atoms with Crippen molar-refractivity contribution in [1.29, 1.82) is 5.41 Å². The van der Waals surface area contributed by atoms with Gasteiger partial charge in [-0.05, 0) is 37.1 Å². The van der Waals surface area contributed by atoms with Gasteiger partial charge in [0.25, 0.3) is 0 Å². The molecule has 0 atom stereocenters. The van der Waals surface area contributed by atoms with Gasteiger partial charge in [0.2, 0.25) is 5.90 Å². The Hall–Kier alpha value is -2.09. The maximum atomic E-state index is 7.60. The van der Waals surface area contributed by atoms with Gasteiger partial charge in [-0.1, -0.05) is 41.5 Å². The standard InChI is InChI=1S/C16H17NO/c1-11-8-12(2)10-15(9-11)13-4-6-14(7-5-13)16(17)18-3/h4-10,17H,1-3H3. The first-order chi connectivity index (χ1) is 8.60. The van der Waals surface area contributed by atoms with Crippen molar-refractivity contribution >= 4 is 5.90 Å². The first-order valence-corrected chi connectivity index (χ1v) is 5.92. The molecule has 0 aliphatic carbocycles. The van der Waals surface area contributed by atoms with Crippen LogP contribution in [0.15, 0.2) is 42.5 Å². The molecule has 0 aliphatic rings. The van der Waals surface area contributed by atoms with Crippen LogP contribution in [0.1, 0.15) is 16.7 Å². The van der Waals surface area contributed by atoms with Gasteiger partial charge in [0.05, 0.1) is 7.11 Å². The maximum absolute atomic E-state index is 7.60. The van der Waals surface area contributed by atoms with Crippen molar-refractivity contribution in [2.45, 2.75) is 13.8 Å². The fourth-order valence-corrected chi connectivity index (χ4v) is 2.07. The zero-order chi connectivity index (χ0) is 13.1. The van der Waals surface area contributed by atoms with Gasteiger partial charge in [-0.25, -0.2) is 0 Å². The summed E-state index contributed by atoms with van der Waals surface area (Å²) >= 11 is 0. The molecule has 0 amide bonds. The summed E-state index contributed by atoms with van der Waals surface area (Å²) in [6, 6.07) is 14.4.